The van der Waals surface area contributed by atoms with Crippen molar-refractivity contribution in [1.29, 1.82) is 0 Å². The molecule has 0 aromatic rings. The van der Waals surface area contributed by atoms with E-state index in [1.807, 2.05) is 0 Å². The first-order chi connectivity index (χ1) is 4.49. The first kappa shape index (κ1) is 7.77. The van der Waals surface area contributed by atoms with Crippen LogP contribution in [0.5, 0.6) is 0 Å². The molecular weight excluding hydrogens is 122 g/mol. The summed E-state index contributed by atoms with van der Waals surface area (Å²) in [5.41, 5.74) is 1.53. The summed E-state index contributed by atoms with van der Waals surface area (Å²) in [6.45, 7) is 8.87. The lowest BCUT2D eigenvalue weighted by Crippen LogP contribution is -2.27. The molecule has 0 N–H and O–H groups in total. The lowest BCUT2D eigenvalue weighted by Gasteiger charge is -2.29. The SMILES string of the molecule is CC1=NC(C)(C)C[C@@H](C)C1. The van der Waals surface area contributed by atoms with Crippen LogP contribution < -0.4 is 0 Å². The van der Waals surface area contributed by atoms with Gasteiger partial charge in [0.1, 0.15) is 0 Å². The monoisotopic (exact) mass is 139 g/mol. The molecule has 0 fully saturated rings. The first-order valence-corrected chi connectivity index (χ1v) is 4.05. The van der Waals surface area contributed by atoms with Crippen molar-refractivity contribution in [1.82, 2.24) is 0 Å². The van der Waals surface area contributed by atoms with E-state index in [1.165, 1.54) is 18.6 Å². The van der Waals surface area contributed by atoms with Crippen LogP contribution in [0.25, 0.3) is 0 Å². The zero-order chi connectivity index (χ0) is 7.78. The smallest absolute Gasteiger partial charge is 0.0554 e. The Balaban J connectivity index is 2.74. The van der Waals surface area contributed by atoms with Gasteiger partial charge in [-0.1, -0.05) is 6.92 Å². The largest absolute Gasteiger partial charge is 0.288 e. The summed E-state index contributed by atoms with van der Waals surface area (Å²) in [6, 6.07) is 0. The molecule has 1 heteroatoms. The normalized spacial score (nSPS) is 31.6. The Hall–Kier alpha value is -0.330. The molecule has 0 saturated heterocycles. The van der Waals surface area contributed by atoms with Crippen molar-refractivity contribution in [3.8, 4) is 0 Å². The molecule has 0 aromatic heterocycles. The first-order valence-electron chi connectivity index (χ1n) is 4.05. The molecule has 1 aliphatic rings. The summed E-state index contributed by atoms with van der Waals surface area (Å²) in [7, 11) is 0. The van der Waals surface area contributed by atoms with E-state index in [0.717, 1.165) is 5.92 Å². The van der Waals surface area contributed by atoms with E-state index in [2.05, 4.69) is 32.7 Å². The third kappa shape index (κ3) is 1.83. The highest BCUT2D eigenvalue weighted by molar-refractivity contribution is 5.83. The fourth-order valence-corrected chi connectivity index (χ4v) is 2.04. The predicted octanol–water partition coefficient (Wildman–Crippen LogP) is 2.66. The molecule has 1 heterocycles. The Labute approximate surface area is 63.5 Å². The van der Waals surface area contributed by atoms with Gasteiger partial charge in [0.05, 0.1) is 5.54 Å². The second-order valence-corrected chi connectivity index (χ2v) is 4.17. The second kappa shape index (κ2) is 2.37. The molecule has 0 amide bonds. The van der Waals surface area contributed by atoms with Crippen LogP contribution >= 0.6 is 0 Å². The summed E-state index contributed by atoms with van der Waals surface area (Å²) in [4.78, 5) is 4.58. The predicted molar refractivity (Wildman–Crippen MR) is 45.6 cm³/mol. The van der Waals surface area contributed by atoms with E-state index in [-0.39, 0.29) is 5.54 Å². The molecule has 1 aliphatic heterocycles. The van der Waals surface area contributed by atoms with Gasteiger partial charge in [-0.2, -0.15) is 0 Å². The summed E-state index contributed by atoms with van der Waals surface area (Å²) < 4.78 is 0. The van der Waals surface area contributed by atoms with E-state index in [4.69, 9.17) is 0 Å². The zero-order valence-electron chi connectivity index (χ0n) is 7.44. The average molecular weight is 139 g/mol. The molecule has 0 unspecified atom stereocenters. The number of rotatable bonds is 0. The standard InChI is InChI=1S/C9H17N/c1-7-5-8(2)10-9(3,4)6-7/h7H,5-6H2,1-4H3/t7-/m0/s1. The zero-order valence-corrected chi connectivity index (χ0v) is 7.44. The Morgan fingerprint density at radius 1 is 1.50 bits per heavy atom. The van der Waals surface area contributed by atoms with E-state index in [9.17, 15) is 0 Å². The van der Waals surface area contributed by atoms with Gasteiger partial charge in [0, 0.05) is 5.71 Å². The molecule has 0 radical (unpaired) electrons. The van der Waals surface area contributed by atoms with Crippen LogP contribution in [0.15, 0.2) is 4.99 Å². The van der Waals surface area contributed by atoms with Crippen molar-refractivity contribution in [3.05, 3.63) is 0 Å². The van der Waals surface area contributed by atoms with Crippen LogP contribution in [0, 0.1) is 5.92 Å². The molecule has 0 bridgehead atoms. The number of hydrogen-bond acceptors (Lipinski definition) is 1. The van der Waals surface area contributed by atoms with Crippen LogP contribution in [-0.4, -0.2) is 11.3 Å². The van der Waals surface area contributed by atoms with Crippen molar-refractivity contribution in [2.24, 2.45) is 10.9 Å². The van der Waals surface area contributed by atoms with Crippen molar-refractivity contribution in [2.45, 2.75) is 46.1 Å². The Kier molecular flexibility index (Phi) is 1.84. The molecular formula is C9H17N. The molecule has 1 atom stereocenters. The van der Waals surface area contributed by atoms with Gasteiger partial charge < -0.3 is 0 Å². The summed E-state index contributed by atoms with van der Waals surface area (Å²) in [6.07, 6.45) is 2.44. The highest BCUT2D eigenvalue weighted by Gasteiger charge is 2.24. The Morgan fingerprint density at radius 2 is 2.10 bits per heavy atom. The third-order valence-electron chi connectivity index (χ3n) is 1.99. The van der Waals surface area contributed by atoms with Crippen LogP contribution in [0.3, 0.4) is 0 Å². The number of aliphatic imine (C=N–C) groups is 1. The van der Waals surface area contributed by atoms with Crippen LogP contribution in [0.1, 0.15) is 40.5 Å². The lowest BCUT2D eigenvalue weighted by atomic mass is 9.86. The highest BCUT2D eigenvalue weighted by Crippen LogP contribution is 2.27. The summed E-state index contributed by atoms with van der Waals surface area (Å²) in [5.74, 6) is 0.826. The van der Waals surface area contributed by atoms with E-state index >= 15 is 0 Å². The third-order valence-corrected chi connectivity index (χ3v) is 1.99. The van der Waals surface area contributed by atoms with Crippen LogP contribution in [0.2, 0.25) is 0 Å². The van der Waals surface area contributed by atoms with Gasteiger partial charge in [-0.15, -0.1) is 0 Å². The maximum absolute atomic E-state index is 4.58. The fourth-order valence-electron chi connectivity index (χ4n) is 2.04. The van der Waals surface area contributed by atoms with Gasteiger partial charge in [0.25, 0.3) is 0 Å². The second-order valence-electron chi connectivity index (χ2n) is 4.17. The molecule has 58 valence electrons. The summed E-state index contributed by atoms with van der Waals surface area (Å²) >= 11 is 0. The van der Waals surface area contributed by atoms with Crippen LogP contribution in [-0.2, 0) is 0 Å². The lowest BCUT2D eigenvalue weighted by molar-refractivity contribution is 0.368. The van der Waals surface area contributed by atoms with Gasteiger partial charge in [-0.25, -0.2) is 0 Å². The maximum atomic E-state index is 4.58. The number of nitrogens with zero attached hydrogens (tertiary/aromatic N) is 1. The molecule has 0 saturated carbocycles. The Morgan fingerprint density at radius 3 is 2.50 bits per heavy atom. The van der Waals surface area contributed by atoms with Gasteiger partial charge in [0.2, 0.25) is 0 Å². The highest BCUT2D eigenvalue weighted by atomic mass is 14.9. The molecule has 10 heavy (non-hydrogen) atoms. The minimum atomic E-state index is 0.210. The minimum Gasteiger partial charge on any atom is -0.288 e. The van der Waals surface area contributed by atoms with Crippen LogP contribution in [0.4, 0.5) is 0 Å². The molecule has 1 nitrogen and oxygen atoms in total. The number of hydrogen-bond donors (Lipinski definition) is 0. The van der Waals surface area contributed by atoms with E-state index in [0.29, 0.717) is 0 Å². The van der Waals surface area contributed by atoms with Crippen molar-refractivity contribution >= 4 is 5.71 Å². The van der Waals surface area contributed by atoms with Gasteiger partial charge in [-0.05, 0) is 39.5 Å². The fraction of sp³-hybridized carbons (Fsp3) is 0.889. The van der Waals surface area contributed by atoms with Crippen molar-refractivity contribution in [2.75, 3.05) is 0 Å². The molecule has 0 aromatic carbocycles. The average Bonchev–Trinajstić information content (AvgIpc) is 1.54. The molecule has 1 rings (SSSR count). The van der Waals surface area contributed by atoms with Gasteiger partial charge in [-0.3, -0.25) is 4.99 Å². The van der Waals surface area contributed by atoms with E-state index in [1.54, 1.807) is 0 Å². The Bertz CT molecular complexity index is 156. The van der Waals surface area contributed by atoms with E-state index < -0.39 is 0 Å². The summed E-state index contributed by atoms with van der Waals surface area (Å²) in [5, 5.41) is 0. The topological polar surface area (TPSA) is 12.4 Å². The molecule has 0 aliphatic carbocycles. The maximum Gasteiger partial charge on any atom is 0.0554 e. The van der Waals surface area contributed by atoms with Gasteiger partial charge >= 0.3 is 0 Å². The quantitative estimate of drug-likeness (QED) is 0.489. The van der Waals surface area contributed by atoms with Gasteiger partial charge in [0.15, 0.2) is 0 Å². The molecule has 0 spiro atoms. The minimum absolute atomic E-state index is 0.210. The van der Waals surface area contributed by atoms with Crippen molar-refractivity contribution < 1.29 is 0 Å². The van der Waals surface area contributed by atoms with Crippen molar-refractivity contribution in [3.63, 3.8) is 0 Å².